The third-order valence-electron chi connectivity index (χ3n) is 3.79. The molecule has 0 radical (unpaired) electrons. The maximum atomic E-state index is 12.2. The zero-order chi connectivity index (χ0) is 18.6. The van der Waals surface area contributed by atoms with Crippen LogP contribution in [0.15, 0.2) is 64.4 Å². The Morgan fingerprint density at radius 3 is 2.70 bits per heavy atom. The van der Waals surface area contributed by atoms with Crippen LogP contribution in [0.1, 0.15) is 21.9 Å². The van der Waals surface area contributed by atoms with Gasteiger partial charge in [-0.25, -0.2) is 9.78 Å². The maximum absolute atomic E-state index is 12.2. The van der Waals surface area contributed by atoms with Crippen molar-refractivity contribution in [1.29, 1.82) is 0 Å². The molecular weight excluding hydrogens is 362 g/mol. The number of ether oxygens (including phenoxy) is 1. The van der Waals surface area contributed by atoms with E-state index in [0.717, 1.165) is 21.7 Å². The number of carbonyl (C=O) groups excluding carboxylic acids is 1. The van der Waals surface area contributed by atoms with Crippen molar-refractivity contribution in [1.82, 2.24) is 15.2 Å². The smallest absolute Gasteiger partial charge is 0.358 e. The fourth-order valence-electron chi connectivity index (χ4n) is 2.49. The lowest BCUT2D eigenvalue weighted by Gasteiger charge is -1.99. The molecular formula is C20H15N3O3S. The van der Waals surface area contributed by atoms with Gasteiger partial charge >= 0.3 is 5.97 Å². The van der Waals surface area contributed by atoms with Crippen molar-refractivity contribution in [2.75, 3.05) is 0 Å². The van der Waals surface area contributed by atoms with E-state index in [1.807, 2.05) is 61.5 Å². The van der Waals surface area contributed by atoms with E-state index in [1.165, 1.54) is 11.3 Å². The van der Waals surface area contributed by atoms with Crippen LogP contribution in [-0.4, -0.2) is 21.2 Å². The van der Waals surface area contributed by atoms with E-state index >= 15 is 0 Å². The Morgan fingerprint density at radius 1 is 1.07 bits per heavy atom. The molecule has 0 saturated heterocycles. The molecule has 0 spiro atoms. The number of esters is 1. The van der Waals surface area contributed by atoms with E-state index in [9.17, 15) is 4.79 Å². The Labute approximate surface area is 159 Å². The van der Waals surface area contributed by atoms with Gasteiger partial charge in [0.15, 0.2) is 12.3 Å². The first kappa shape index (κ1) is 17.1. The molecule has 0 aliphatic carbocycles. The highest BCUT2D eigenvalue weighted by Gasteiger charge is 2.15. The van der Waals surface area contributed by atoms with Gasteiger partial charge in [0.2, 0.25) is 5.89 Å². The summed E-state index contributed by atoms with van der Waals surface area (Å²) in [6.07, 6.45) is 0. The first-order chi connectivity index (χ1) is 13.2. The number of thiazole rings is 1. The minimum absolute atomic E-state index is 0.101. The topological polar surface area (TPSA) is 78.1 Å². The summed E-state index contributed by atoms with van der Waals surface area (Å²) in [5, 5.41) is 10.4. The predicted molar refractivity (Wildman–Crippen MR) is 101 cm³/mol. The van der Waals surface area contributed by atoms with E-state index in [0.29, 0.717) is 5.89 Å². The summed E-state index contributed by atoms with van der Waals surface area (Å²) < 4.78 is 10.8. The van der Waals surface area contributed by atoms with Crippen molar-refractivity contribution in [2.45, 2.75) is 13.5 Å². The average Bonchev–Trinajstić information content (AvgIpc) is 3.37. The van der Waals surface area contributed by atoms with Crippen LogP contribution in [0.4, 0.5) is 0 Å². The molecule has 4 aromatic rings. The summed E-state index contributed by atoms with van der Waals surface area (Å²) in [5.41, 5.74) is 3.14. The molecule has 6 nitrogen and oxygen atoms in total. The molecule has 2 aromatic carbocycles. The number of nitrogens with zero attached hydrogens (tertiary/aromatic N) is 3. The Hall–Kier alpha value is -3.32. The first-order valence-electron chi connectivity index (χ1n) is 8.26. The number of hydrogen-bond donors (Lipinski definition) is 0. The van der Waals surface area contributed by atoms with Crippen LogP contribution in [0.5, 0.6) is 0 Å². The van der Waals surface area contributed by atoms with Crippen LogP contribution in [0.2, 0.25) is 0 Å². The Kier molecular flexibility index (Phi) is 4.76. The molecule has 4 rings (SSSR count). The lowest BCUT2D eigenvalue weighted by atomic mass is 10.1. The van der Waals surface area contributed by atoms with Gasteiger partial charge in [0.1, 0.15) is 5.01 Å². The van der Waals surface area contributed by atoms with Gasteiger partial charge in [-0.05, 0) is 19.1 Å². The van der Waals surface area contributed by atoms with Crippen molar-refractivity contribution in [3.8, 4) is 22.0 Å². The highest BCUT2D eigenvalue weighted by molar-refractivity contribution is 7.13. The molecule has 0 amide bonds. The van der Waals surface area contributed by atoms with Crippen molar-refractivity contribution >= 4 is 17.3 Å². The zero-order valence-corrected chi connectivity index (χ0v) is 15.3. The van der Waals surface area contributed by atoms with Crippen LogP contribution >= 0.6 is 11.3 Å². The summed E-state index contributed by atoms with van der Waals surface area (Å²) in [7, 11) is 0. The number of benzene rings is 2. The highest BCUT2D eigenvalue weighted by Crippen LogP contribution is 2.24. The van der Waals surface area contributed by atoms with Crippen molar-refractivity contribution in [2.24, 2.45) is 0 Å². The minimum Gasteiger partial charge on any atom is -0.451 e. The third-order valence-corrected chi connectivity index (χ3v) is 4.68. The van der Waals surface area contributed by atoms with Crippen LogP contribution in [0.3, 0.4) is 0 Å². The lowest BCUT2D eigenvalue weighted by Crippen LogP contribution is -2.05. The Balaban J connectivity index is 1.41. The Bertz CT molecular complexity index is 1070. The van der Waals surface area contributed by atoms with Crippen LogP contribution in [0.25, 0.3) is 22.0 Å². The molecule has 27 heavy (non-hydrogen) atoms. The van der Waals surface area contributed by atoms with Gasteiger partial charge in [-0.3, -0.25) is 0 Å². The maximum Gasteiger partial charge on any atom is 0.358 e. The molecule has 2 aromatic heterocycles. The van der Waals surface area contributed by atoms with Gasteiger partial charge in [-0.2, -0.15) is 0 Å². The molecule has 0 aliphatic heterocycles. The van der Waals surface area contributed by atoms with Crippen molar-refractivity contribution in [3.05, 3.63) is 77.1 Å². The normalized spacial score (nSPS) is 10.7. The van der Waals surface area contributed by atoms with Gasteiger partial charge < -0.3 is 9.15 Å². The van der Waals surface area contributed by atoms with E-state index in [4.69, 9.17) is 9.15 Å². The van der Waals surface area contributed by atoms with Crippen molar-refractivity contribution in [3.63, 3.8) is 0 Å². The van der Waals surface area contributed by atoms with Gasteiger partial charge in [-0.1, -0.05) is 48.0 Å². The number of aryl methyl sites for hydroxylation is 1. The second-order valence-corrected chi connectivity index (χ2v) is 6.71. The molecule has 0 bridgehead atoms. The van der Waals surface area contributed by atoms with Gasteiger partial charge in [0.25, 0.3) is 5.89 Å². The largest absolute Gasteiger partial charge is 0.451 e. The molecule has 2 heterocycles. The lowest BCUT2D eigenvalue weighted by molar-refractivity contribution is 0.0433. The van der Waals surface area contributed by atoms with Gasteiger partial charge in [0.05, 0.1) is 0 Å². The number of rotatable bonds is 5. The van der Waals surface area contributed by atoms with Crippen LogP contribution in [-0.2, 0) is 11.3 Å². The second-order valence-electron chi connectivity index (χ2n) is 5.85. The van der Waals surface area contributed by atoms with E-state index in [1.54, 1.807) is 5.38 Å². The Morgan fingerprint density at radius 2 is 1.89 bits per heavy atom. The van der Waals surface area contributed by atoms with E-state index in [-0.39, 0.29) is 18.2 Å². The number of carbonyl (C=O) groups is 1. The molecule has 134 valence electrons. The minimum atomic E-state index is -0.524. The third kappa shape index (κ3) is 3.93. The standard InChI is InChI=1S/C20H15N3O3S/c1-13-6-5-9-15(10-13)18-23-22-17(26-18)11-25-20(24)16-12-27-19(21-16)14-7-3-2-4-8-14/h2-10,12H,11H2,1H3. The second kappa shape index (κ2) is 7.51. The summed E-state index contributed by atoms with van der Waals surface area (Å²) in [4.78, 5) is 16.5. The molecule has 0 unspecified atom stereocenters. The fourth-order valence-corrected chi connectivity index (χ4v) is 3.28. The van der Waals surface area contributed by atoms with Gasteiger partial charge in [-0.15, -0.1) is 21.5 Å². The monoisotopic (exact) mass is 377 g/mol. The number of hydrogen-bond acceptors (Lipinski definition) is 7. The average molecular weight is 377 g/mol. The van der Waals surface area contributed by atoms with Gasteiger partial charge in [0, 0.05) is 16.5 Å². The molecule has 7 heteroatoms. The zero-order valence-electron chi connectivity index (χ0n) is 14.5. The van der Waals surface area contributed by atoms with E-state index < -0.39 is 5.97 Å². The van der Waals surface area contributed by atoms with E-state index in [2.05, 4.69) is 15.2 Å². The fraction of sp³-hybridized carbons (Fsp3) is 0.100. The molecule has 0 fully saturated rings. The summed E-state index contributed by atoms with van der Waals surface area (Å²) in [6.45, 7) is 1.88. The van der Waals surface area contributed by atoms with Crippen LogP contribution in [0, 0.1) is 6.92 Å². The predicted octanol–water partition coefficient (Wildman–Crippen LogP) is 4.53. The molecule has 0 aliphatic rings. The quantitative estimate of drug-likeness (QED) is 0.476. The summed E-state index contributed by atoms with van der Waals surface area (Å²) >= 11 is 1.39. The summed E-state index contributed by atoms with van der Waals surface area (Å²) in [6, 6.07) is 17.4. The summed E-state index contributed by atoms with van der Waals surface area (Å²) in [5.74, 6) is 0.104. The molecule has 0 saturated carbocycles. The first-order valence-corrected chi connectivity index (χ1v) is 9.14. The molecule has 0 N–H and O–H groups in total. The number of aromatic nitrogens is 3. The highest BCUT2D eigenvalue weighted by atomic mass is 32.1. The molecule has 0 atom stereocenters. The SMILES string of the molecule is Cc1cccc(-c2nnc(COC(=O)c3csc(-c4ccccc4)n3)o2)c1. The van der Waals surface area contributed by atoms with Crippen molar-refractivity contribution < 1.29 is 13.9 Å². The van der Waals surface area contributed by atoms with Crippen LogP contribution < -0.4 is 0 Å².